The summed E-state index contributed by atoms with van der Waals surface area (Å²) in [5, 5.41) is 5.88. The molecule has 5 heteroatoms. The number of carbonyl (C=O) groups is 2. The molecule has 0 saturated heterocycles. The molecule has 0 spiro atoms. The Labute approximate surface area is 117 Å². The average Bonchev–Trinajstić information content (AvgIpc) is 2.37. The van der Waals surface area contributed by atoms with Gasteiger partial charge in [-0.25, -0.2) is 0 Å². The molecule has 19 heavy (non-hydrogen) atoms. The SMILES string of the molecule is CCCC(C)NC(=O)CNC(C)C(=O)N(CC)CC. The lowest BCUT2D eigenvalue weighted by molar-refractivity contribution is -0.132. The van der Waals surface area contributed by atoms with E-state index in [0.29, 0.717) is 13.1 Å². The largest absolute Gasteiger partial charge is 0.353 e. The zero-order valence-electron chi connectivity index (χ0n) is 13.0. The topological polar surface area (TPSA) is 61.4 Å². The van der Waals surface area contributed by atoms with E-state index in [0.717, 1.165) is 12.8 Å². The summed E-state index contributed by atoms with van der Waals surface area (Å²) in [6.45, 7) is 11.4. The average molecular weight is 271 g/mol. The van der Waals surface area contributed by atoms with Crippen LogP contribution in [0.15, 0.2) is 0 Å². The minimum absolute atomic E-state index is 0.0411. The van der Waals surface area contributed by atoms with Crippen molar-refractivity contribution >= 4 is 11.8 Å². The fraction of sp³-hybridized carbons (Fsp3) is 0.857. The molecule has 0 aliphatic carbocycles. The van der Waals surface area contributed by atoms with Crippen molar-refractivity contribution in [2.45, 2.75) is 59.5 Å². The van der Waals surface area contributed by atoms with Gasteiger partial charge in [0, 0.05) is 19.1 Å². The van der Waals surface area contributed by atoms with Crippen molar-refractivity contribution in [1.29, 1.82) is 0 Å². The first-order chi connectivity index (χ1) is 8.96. The first-order valence-corrected chi connectivity index (χ1v) is 7.27. The van der Waals surface area contributed by atoms with E-state index in [2.05, 4.69) is 17.6 Å². The van der Waals surface area contributed by atoms with Gasteiger partial charge in [-0.1, -0.05) is 13.3 Å². The van der Waals surface area contributed by atoms with Crippen LogP contribution in [0.1, 0.15) is 47.5 Å². The summed E-state index contributed by atoms with van der Waals surface area (Å²) in [5.41, 5.74) is 0. The third kappa shape index (κ3) is 7.15. The molecule has 0 aliphatic rings. The van der Waals surface area contributed by atoms with Crippen molar-refractivity contribution in [3.8, 4) is 0 Å². The first kappa shape index (κ1) is 17.9. The molecule has 0 bridgehead atoms. The lowest BCUT2D eigenvalue weighted by Gasteiger charge is -2.23. The third-order valence-corrected chi connectivity index (χ3v) is 3.14. The molecule has 0 fully saturated rings. The smallest absolute Gasteiger partial charge is 0.239 e. The van der Waals surface area contributed by atoms with Crippen LogP contribution in [0.5, 0.6) is 0 Å². The quantitative estimate of drug-likeness (QED) is 0.661. The van der Waals surface area contributed by atoms with E-state index >= 15 is 0 Å². The summed E-state index contributed by atoms with van der Waals surface area (Å²) in [6.07, 6.45) is 2.02. The van der Waals surface area contributed by atoms with E-state index in [4.69, 9.17) is 0 Å². The highest BCUT2D eigenvalue weighted by Gasteiger charge is 2.18. The standard InChI is InChI=1S/C14H29N3O2/c1-6-9-11(4)16-13(18)10-15-12(5)14(19)17(7-2)8-3/h11-12,15H,6-10H2,1-5H3,(H,16,18). The minimum Gasteiger partial charge on any atom is -0.353 e. The molecule has 0 rings (SSSR count). The van der Waals surface area contributed by atoms with Crippen LogP contribution in [0.4, 0.5) is 0 Å². The van der Waals surface area contributed by atoms with Gasteiger partial charge in [0.15, 0.2) is 0 Å². The lowest BCUT2D eigenvalue weighted by Crippen LogP contribution is -2.48. The monoisotopic (exact) mass is 271 g/mol. The van der Waals surface area contributed by atoms with Crippen LogP contribution in [-0.4, -0.2) is 48.4 Å². The molecule has 0 aromatic rings. The number of carbonyl (C=O) groups excluding carboxylic acids is 2. The zero-order chi connectivity index (χ0) is 14.8. The van der Waals surface area contributed by atoms with Gasteiger partial charge in [-0.15, -0.1) is 0 Å². The molecule has 0 aromatic heterocycles. The highest BCUT2D eigenvalue weighted by Crippen LogP contribution is 1.96. The Morgan fingerprint density at radius 3 is 2.16 bits per heavy atom. The number of hydrogen-bond donors (Lipinski definition) is 2. The van der Waals surface area contributed by atoms with Gasteiger partial charge in [-0.3, -0.25) is 14.9 Å². The Bertz CT molecular complexity index is 278. The molecular weight excluding hydrogens is 242 g/mol. The van der Waals surface area contributed by atoms with Gasteiger partial charge < -0.3 is 10.2 Å². The second-order valence-corrected chi connectivity index (χ2v) is 4.87. The third-order valence-electron chi connectivity index (χ3n) is 3.14. The van der Waals surface area contributed by atoms with Gasteiger partial charge in [0.25, 0.3) is 0 Å². The van der Waals surface area contributed by atoms with Gasteiger partial charge in [0.1, 0.15) is 0 Å². The fourth-order valence-electron chi connectivity index (χ4n) is 1.97. The summed E-state index contributed by atoms with van der Waals surface area (Å²) >= 11 is 0. The second-order valence-electron chi connectivity index (χ2n) is 4.87. The molecule has 2 amide bonds. The summed E-state index contributed by atoms with van der Waals surface area (Å²) in [4.78, 5) is 25.4. The van der Waals surface area contributed by atoms with Crippen LogP contribution in [0, 0.1) is 0 Å². The maximum Gasteiger partial charge on any atom is 0.239 e. The van der Waals surface area contributed by atoms with Crippen LogP contribution in [0.3, 0.4) is 0 Å². The molecule has 0 saturated carbocycles. The van der Waals surface area contributed by atoms with E-state index in [9.17, 15) is 9.59 Å². The summed E-state index contributed by atoms with van der Waals surface area (Å²) in [7, 11) is 0. The van der Waals surface area contributed by atoms with E-state index < -0.39 is 0 Å². The Hall–Kier alpha value is -1.10. The molecule has 0 aromatic carbocycles. The summed E-state index contributed by atoms with van der Waals surface area (Å²) in [6, 6.07) is -0.139. The highest BCUT2D eigenvalue weighted by atomic mass is 16.2. The van der Waals surface area contributed by atoms with Gasteiger partial charge in [-0.05, 0) is 34.1 Å². The molecule has 2 atom stereocenters. The van der Waals surface area contributed by atoms with Crippen molar-refractivity contribution in [3.05, 3.63) is 0 Å². The fourth-order valence-corrected chi connectivity index (χ4v) is 1.97. The van der Waals surface area contributed by atoms with Crippen LogP contribution >= 0.6 is 0 Å². The number of amides is 2. The molecule has 2 N–H and O–H groups in total. The number of likely N-dealkylation sites (N-methyl/N-ethyl adjacent to an activating group) is 1. The lowest BCUT2D eigenvalue weighted by atomic mass is 10.2. The zero-order valence-corrected chi connectivity index (χ0v) is 13.0. The van der Waals surface area contributed by atoms with Gasteiger partial charge in [0.05, 0.1) is 12.6 Å². The van der Waals surface area contributed by atoms with E-state index in [-0.39, 0.29) is 30.4 Å². The molecular formula is C14H29N3O2. The molecule has 2 unspecified atom stereocenters. The van der Waals surface area contributed by atoms with Crippen molar-refractivity contribution < 1.29 is 9.59 Å². The Morgan fingerprint density at radius 1 is 1.11 bits per heavy atom. The Kier molecular flexibility index (Phi) is 9.21. The molecule has 112 valence electrons. The van der Waals surface area contributed by atoms with Crippen LogP contribution in [0.25, 0.3) is 0 Å². The summed E-state index contributed by atoms with van der Waals surface area (Å²) < 4.78 is 0. The molecule has 5 nitrogen and oxygen atoms in total. The predicted octanol–water partition coefficient (Wildman–Crippen LogP) is 1.14. The normalized spacial score (nSPS) is 13.7. The van der Waals surface area contributed by atoms with Crippen LogP contribution in [0.2, 0.25) is 0 Å². The summed E-state index contributed by atoms with van der Waals surface area (Å²) in [5.74, 6) is -0.0143. The van der Waals surface area contributed by atoms with Crippen molar-refractivity contribution in [2.24, 2.45) is 0 Å². The minimum atomic E-state index is -0.327. The van der Waals surface area contributed by atoms with Crippen molar-refractivity contribution in [2.75, 3.05) is 19.6 Å². The van der Waals surface area contributed by atoms with Gasteiger partial charge >= 0.3 is 0 Å². The van der Waals surface area contributed by atoms with E-state index in [1.54, 1.807) is 11.8 Å². The van der Waals surface area contributed by atoms with Crippen molar-refractivity contribution in [3.63, 3.8) is 0 Å². The van der Waals surface area contributed by atoms with Crippen molar-refractivity contribution in [1.82, 2.24) is 15.5 Å². The number of nitrogens with zero attached hydrogens (tertiary/aromatic N) is 1. The maximum atomic E-state index is 12.0. The van der Waals surface area contributed by atoms with E-state index in [1.807, 2.05) is 20.8 Å². The first-order valence-electron chi connectivity index (χ1n) is 7.27. The van der Waals surface area contributed by atoms with Crippen LogP contribution in [-0.2, 0) is 9.59 Å². The van der Waals surface area contributed by atoms with Gasteiger partial charge in [-0.2, -0.15) is 0 Å². The molecule has 0 radical (unpaired) electrons. The Morgan fingerprint density at radius 2 is 1.68 bits per heavy atom. The number of rotatable bonds is 9. The number of nitrogens with one attached hydrogen (secondary N) is 2. The van der Waals surface area contributed by atoms with Gasteiger partial charge in [0.2, 0.25) is 11.8 Å². The second kappa shape index (κ2) is 9.78. The predicted molar refractivity (Wildman–Crippen MR) is 77.9 cm³/mol. The molecule has 0 aliphatic heterocycles. The molecule has 0 heterocycles. The van der Waals surface area contributed by atoms with E-state index in [1.165, 1.54) is 0 Å². The maximum absolute atomic E-state index is 12.0. The highest BCUT2D eigenvalue weighted by molar-refractivity contribution is 5.83. The van der Waals surface area contributed by atoms with Crippen LogP contribution < -0.4 is 10.6 Å². The Balaban J connectivity index is 4.04. The number of hydrogen-bond acceptors (Lipinski definition) is 3.